The molecule has 0 atom stereocenters. The predicted molar refractivity (Wildman–Crippen MR) is 120 cm³/mol. The average molecular weight is 446 g/mol. The van der Waals surface area contributed by atoms with Crippen molar-refractivity contribution in [3.05, 3.63) is 87.6 Å². The molecule has 0 radical (unpaired) electrons. The largest absolute Gasteiger partial charge is 0.431 e. The number of hydrogen-bond donors (Lipinski definition) is 2. The van der Waals surface area contributed by atoms with E-state index < -0.39 is 0 Å². The first-order valence-corrected chi connectivity index (χ1v) is 10.9. The number of para-hydroxylation sites is 2. The van der Waals surface area contributed by atoms with Gasteiger partial charge in [0.1, 0.15) is 11.3 Å². The standard InChI is InChI=1S/C22H18N6O3S/c1-13-10-19(29)28-21(24-13)26-18(27-28)11-23-20(30)15-7-3-2-6-14(15)12-32-22-25-16-8-4-5-9-17(16)31-22/h2-10H,11-12H2,1H3,(H,23,30)(H,24,26,27). The molecule has 0 unspecified atom stereocenters. The summed E-state index contributed by atoms with van der Waals surface area (Å²) < 4.78 is 7.00. The van der Waals surface area contributed by atoms with E-state index in [0.717, 1.165) is 16.7 Å². The molecule has 1 amide bonds. The van der Waals surface area contributed by atoms with Crippen LogP contribution in [0.3, 0.4) is 0 Å². The summed E-state index contributed by atoms with van der Waals surface area (Å²) in [4.78, 5) is 37.8. The van der Waals surface area contributed by atoms with Crippen molar-refractivity contribution in [2.24, 2.45) is 0 Å². The summed E-state index contributed by atoms with van der Waals surface area (Å²) >= 11 is 1.43. The van der Waals surface area contributed by atoms with E-state index in [2.05, 4.69) is 25.4 Å². The van der Waals surface area contributed by atoms with E-state index in [-0.39, 0.29) is 23.8 Å². The van der Waals surface area contributed by atoms with Crippen LogP contribution in [-0.2, 0) is 12.3 Å². The van der Waals surface area contributed by atoms with Crippen LogP contribution in [0.1, 0.15) is 27.4 Å². The molecule has 32 heavy (non-hydrogen) atoms. The van der Waals surface area contributed by atoms with Crippen LogP contribution >= 0.6 is 11.8 Å². The summed E-state index contributed by atoms with van der Waals surface area (Å²) in [7, 11) is 0. The van der Waals surface area contributed by atoms with Crippen molar-refractivity contribution in [2.75, 3.05) is 0 Å². The van der Waals surface area contributed by atoms with Crippen LogP contribution in [-0.4, -0.2) is 30.5 Å². The molecule has 0 bridgehead atoms. The van der Waals surface area contributed by atoms with Crippen LogP contribution in [0, 0.1) is 6.92 Å². The Kier molecular flexibility index (Phi) is 5.20. The lowest BCUT2D eigenvalue weighted by molar-refractivity contribution is 0.0949. The molecule has 2 N–H and O–H groups in total. The first kappa shape index (κ1) is 20.0. The molecular formula is C22H18N6O3S. The summed E-state index contributed by atoms with van der Waals surface area (Å²) in [5.41, 5.74) is 3.28. The molecule has 0 saturated carbocycles. The maximum absolute atomic E-state index is 12.8. The molecule has 0 spiro atoms. The van der Waals surface area contributed by atoms with Crippen molar-refractivity contribution in [1.29, 1.82) is 0 Å². The van der Waals surface area contributed by atoms with Gasteiger partial charge >= 0.3 is 0 Å². The first-order valence-electron chi connectivity index (χ1n) is 9.86. The third-order valence-corrected chi connectivity index (χ3v) is 5.69. The summed E-state index contributed by atoms with van der Waals surface area (Å²) in [6.07, 6.45) is 0. The Morgan fingerprint density at radius 2 is 1.94 bits per heavy atom. The van der Waals surface area contributed by atoms with Crippen molar-refractivity contribution in [3.63, 3.8) is 0 Å². The molecule has 0 aliphatic rings. The number of nitrogens with one attached hydrogen (secondary N) is 2. The zero-order valence-corrected chi connectivity index (χ0v) is 17.8. The molecule has 2 aromatic carbocycles. The zero-order chi connectivity index (χ0) is 22.1. The quantitative estimate of drug-likeness (QED) is 0.385. The Morgan fingerprint density at radius 1 is 1.12 bits per heavy atom. The van der Waals surface area contributed by atoms with E-state index in [4.69, 9.17) is 4.42 Å². The van der Waals surface area contributed by atoms with Gasteiger partial charge in [-0.2, -0.15) is 9.50 Å². The maximum Gasteiger partial charge on any atom is 0.274 e. The fourth-order valence-electron chi connectivity index (χ4n) is 3.29. The maximum atomic E-state index is 12.8. The topological polar surface area (TPSA) is 118 Å². The van der Waals surface area contributed by atoms with Crippen molar-refractivity contribution in [2.45, 2.75) is 24.4 Å². The Bertz CT molecular complexity index is 1470. The normalized spacial score (nSPS) is 11.3. The molecule has 0 aliphatic heterocycles. The molecule has 0 aliphatic carbocycles. The first-order chi connectivity index (χ1) is 15.6. The number of fused-ring (bicyclic) bond motifs is 2. The molecule has 3 aromatic heterocycles. The number of aromatic amines is 1. The smallest absolute Gasteiger partial charge is 0.274 e. The van der Waals surface area contributed by atoms with E-state index in [1.165, 1.54) is 22.3 Å². The highest BCUT2D eigenvalue weighted by atomic mass is 32.2. The van der Waals surface area contributed by atoms with Gasteiger partial charge in [0.2, 0.25) is 0 Å². The van der Waals surface area contributed by atoms with Gasteiger partial charge in [-0.1, -0.05) is 42.1 Å². The van der Waals surface area contributed by atoms with Crippen molar-refractivity contribution in [1.82, 2.24) is 29.9 Å². The third kappa shape index (κ3) is 4.00. The minimum absolute atomic E-state index is 0.132. The molecule has 5 aromatic rings. The number of aromatic nitrogens is 5. The second-order valence-electron chi connectivity index (χ2n) is 7.12. The van der Waals surface area contributed by atoms with Gasteiger partial charge in [0.05, 0.1) is 6.54 Å². The van der Waals surface area contributed by atoms with Gasteiger partial charge in [-0.15, -0.1) is 0 Å². The third-order valence-electron chi connectivity index (χ3n) is 4.81. The predicted octanol–water partition coefficient (Wildman–Crippen LogP) is 3.09. The van der Waals surface area contributed by atoms with Gasteiger partial charge in [0, 0.05) is 23.1 Å². The number of carbonyl (C=O) groups excluding carboxylic acids is 1. The Morgan fingerprint density at radius 3 is 2.81 bits per heavy atom. The fourth-order valence-corrected chi connectivity index (χ4v) is 4.14. The summed E-state index contributed by atoms with van der Waals surface area (Å²) in [6, 6.07) is 16.4. The Balaban J connectivity index is 1.29. The van der Waals surface area contributed by atoms with Crippen molar-refractivity contribution in [3.8, 4) is 0 Å². The number of H-pyrrole nitrogens is 1. The van der Waals surface area contributed by atoms with Gasteiger partial charge in [-0.05, 0) is 30.7 Å². The van der Waals surface area contributed by atoms with Crippen molar-refractivity contribution < 1.29 is 9.21 Å². The van der Waals surface area contributed by atoms with E-state index >= 15 is 0 Å². The second kappa shape index (κ2) is 8.31. The molecule has 3 heterocycles. The summed E-state index contributed by atoms with van der Waals surface area (Å²) in [5.74, 6) is 0.997. The lowest BCUT2D eigenvalue weighted by atomic mass is 10.1. The molecule has 160 valence electrons. The number of thioether (sulfide) groups is 1. The molecule has 10 heteroatoms. The lowest BCUT2D eigenvalue weighted by Gasteiger charge is -2.08. The molecule has 5 rings (SSSR count). The van der Waals surface area contributed by atoms with E-state index in [1.807, 2.05) is 42.5 Å². The zero-order valence-electron chi connectivity index (χ0n) is 17.0. The molecule has 0 saturated heterocycles. The average Bonchev–Trinajstić information content (AvgIpc) is 3.40. The molecular weight excluding hydrogens is 428 g/mol. The number of oxazole rings is 1. The van der Waals surface area contributed by atoms with E-state index in [0.29, 0.717) is 28.1 Å². The molecule has 9 nitrogen and oxygen atoms in total. The number of nitrogens with zero attached hydrogens (tertiary/aromatic N) is 4. The van der Waals surface area contributed by atoms with Gasteiger partial charge in [-0.25, -0.2) is 9.97 Å². The number of benzene rings is 2. The number of carbonyl (C=O) groups is 1. The van der Waals surface area contributed by atoms with Gasteiger partial charge in [-0.3, -0.25) is 14.7 Å². The van der Waals surface area contributed by atoms with Gasteiger partial charge in [0.15, 0.2) is 5.58 Å². The minimum atomic E-state index is -0.251. The highest BCUT2D eigenvalue weighted by Crippen LogP contribution is 2.27. The van der Waals surface area contributed by atoms with Crippen molar-refractivity contribution >= 4 is 34.5 Å². The Hall–Kier alpha value is -3.92. The number of hydrogen-bond acceptors (Lipinski definition) is 7. The number of amides is 1. The highest BCUT2D eigenvalue weighted by Gasteiger charge is 2.14. The number of rotatable bonds is 6. The monoisotopic (exact) mass is 446 g/mol. The fraction of sp³-hybridized carbons (Fsp3) is 0.136. The summed E-state index contributed by atoms with van der Waals surface area (Å²) in [5, 5.41) is 6.26. The van der Waals surface area contributed by atoms with Gasteiger partial charge in [0.25, 0.3) is 22.5 Å². The highest BCUT2D eigenvalue weighted by molar-refractivity contribution is 7.98. The van der Waals surface area contributed by atoms with Crippen LogP contribution in [0.5, 0.6) is 0 Å². The Labute approximate surface area is 185 Å². The SMILES string of the molecule is Cc1cc(=O)n2[nH]c(CNC(=O)c3ccccc3CSc3nc4ccccc4o3)nc2n1. The van der Waals surface area contributed by atoms with Crippen LogP contribution < -0.4 is 10.9 Å². The van der Waals surface area contributed by atoms with Gasteiger partial charge < -0.3 is 9.73 Å². The number of aryl methyl sites for hydroxylation is 1. The van der Waals surface area contributed by atoms with E-state index in [9.17, 15) is 9.59 Å². The second-order valence-corrected chi connectivity index (χ2v) is 8.04. The summed E-state index contributed by atoms with van der Waals surface area (Å²) in [6.45, 7) is 1.86. The van der Waals surface area contributed by atoms with Crippen LogP contribution in [0.15, 0.2) is 69.0 Å². The lowest BCUT2D eigenvalue weighted by Crippen LogP contribution is -2.24. The molecule has 0 fully saturated rings. The van der Waals surface area contributed by atoms with Crippen LogP contribution in [0.2, 0.25) is 0 Å². The van der Waals surface area contributed by atoms with Crippen LogP contribution in [0.4, 0.5) is 0 Å². The minimum Gasteiger partial charge on any atom is -0.431 e. The van der Waals surface area contributed by atoms with Crippen LogP contribution in [0.25, 0.3) is 16.9 Å². The van der Waals surface area contributed by atoms with E-state index in [1.54, 1.807) is 13.0 Å².